The summed E-state index contributed by atoms with van der Waals surface area (Å²) in [6.45, 7) is 0. The fraction of sp³-hybridized carbons (Fsp3) is 0. The van der Waals surface area contributed by atoms with Crippen molar-refractivity contribution in [1.82, 2.24) is 0 Å². The van der Waals surface area contributed by atoms with Crippen molar-refractivity contribution in [2.75, 3.05) is 4.90 Å². The number of anilines is 3. The van der Waals surface area contributed by atoms with Crippen molar-refractivity contribution in [2.24, 2.45) is 0 Å². The van der Waals surface area contributed by atoms with E-state index in [0.717, 1.165) is 17.1 Å². The minimum atomic E-state index is 1.10. The standard InChI is InChI=1S/C50H35N/c1-5-17-36(18-6-1)37-29-31-41(32-30-37)51(48-28-16-15-25-43(48)38-19-7-2-8-20-38)42-33-34-46-47(35-42)44-26-13-14-27-45(44)49(39-21-9-3-10-22-39)50(46)40-23-11-4-12-24-40/h1-35H. The lowest BCUT2D eigenvalue weighted by molar-refractivity contribution is 1.29. The van der Waals surface area contributed by atoms with E-state index in [9.17, 15) is 0 Å². The smallest absolute Gasteiger partial charge is 0.0540 e. The van der Waals surface area contributed by atoms with Gasteiger partial charge in [0, 0.05) is 16.9 Å². The number of rotatable bonds is 7. The van der Waals surface area contributed by atoms with Gasteiger partial charge in [-0.1, -0.05) is 182 Å². The molecule has 240 valence electrons. The summed E-state index contributed by atoms with van der Waals surface area (Å²) >= 11 is 0. The molecule has 9 aromatic carbocycles. The van der Waals surface area contributed by atoms with Crippen LogP contribution in [-0.2, 0) is 0 Å². The Hall–Kier alpha value is -6.70. The van der Waals surface area contributed by atoms with E-state index in [1.807, 2.05) is 0 Å². The summed E-state index contributed by atoms with van der Waals surface area (Å²) in [6, 6.07) is 76.6. The van der Waals surface area contributed by atoms with Crippen LogP contribution in [0.5, 0.6) is 0 Å². The molecule has 0 aliphatic rings. The average Bonchev–Trinajstić information content (AvgIpc) is 3.22. The van der Waals surface area contributed by atoms with Gasteiger partial charge < -0.3 is 4.90 Å². The van der Waals surface area contributed by atoms with Crippen LogP contribution < -0.4 is 4.90 Å². The van der Waals surface area contributed by atoms with Gasteiger partial charge in [0.15, 0.2) is 0 Å². The van der Waals surface area contributed by atoms with E-state index in [1.165, 1.54) is 66.1 Å². The van der Waals surface area contributed by atoms with Crippen molar-refractivity contribution in [2.45, 2.75) is 0 Å². The van der Waals surface area contributed by atoms with Gasteiger partial charge in [0.2, 0.25) is 0 Å². The quantitative estimate of drug-likeness (QED) is 0.155. The van der Waals surface area contributed by atoms with E-state index < -0.39 is 0 Å². The van der Waals surface area contributed by atoms with Gasteiger partial charge in [-0.25, -0.2) is 0 Å². The highest BCUT2D eigenvalue weighted by molar-refractivity contribution is 6.22. The zero-order valence-electron chi connectivity index (χ0n) is 28.2. The molecule has 9 rings (SSSR count). The number of nitrogens with zero attached hydrogens (tertiary/aromatic N) is 1. The molecule has 0 amide bonds. The van der Waals surface area contributed by atoms with Crippen molar-refractivity contribution >= 4 is 38.6 Å². The van der Waals surface area contributed by atoms with Crippen molar-refractivity contribution in [3.05, 3.63) is 212 Å². The van der Waals surface area contributed by atoms with E-state index in [1.54, 1.807) is 0 Å². The number of para-hydroxylation sites is 1. The molecule has 0 aliphatic heterocycles. The van der Waals surface area contributed by atoms with Gasteiger partial charge in [-0.15, -0.1) is 0 Å². The van der Waals surface area contributed by atoms with Crippen LogP contribution in [0.25, 0.3) is 66.1 Å². The Balaban J connectivity index is 1.32. The third kappa shape index (κ3) is 5.65. The summed E-state index contributed by atoms with van der Waals surface area (Å²) in [7, 11) is 0. The Kier molecular flexibility index (Phi) is 7.92. The van der Waals surface area contributed by atoms with Gasteiger partial charge in [-0.2, -0.15) is 0 Å². The predicted octanol–water partition coefficient (Wildman–Crippen LogP) is 14.1. The van der Waals surface area contributed by atoms with Crippen LogP contribution in [0.4, 0.5) is 17.1 Å². The van der Waals surface area contributed by atoms with Crippen molar-refractivity contribution in [3.63, 3.8) is 0 Å². The normalized spacial score (nSPS) is 11.1. The molecule has 0 N–H and O–H groups in total. The molecule has 0 radical (unpaired) electrons. The second-order valence-electron chi connectivity index (χ2n) is 12.9. The fourth-order valence-corrected chi connectivity index (χ4v) is 7.52. The van der Waals surface area contributed by atoms with Crippen LogP contribution in [0.15, 0.2) is 212 Å². The van der Waals surface area contributed by atoms with E-state index in [2.05, 4.69) is 217 Å². The topological polar surface area (TPSA) is 3.24 Å². The molecule has 0 aliphatic carbocycles. The molecule has 51 heavy (non-hydrogen) atoms. The number of fused-ring (bicyclic) bond motifs is 3. The minimum Gasteiger partial charge on any atom is -0.310 e. The second-order valence-corrected chi connectivity index (χ2v) is 12.9. The first kappa shape index (κ1) is 30.4. The van der Waals surface area contributed by atoms with Crippen LogP contribution in [-0.4, -0.2) is 0 Å². The summed E-state index contributed by atoms with van der Waals surface area (Å²) in [5.74, 6) is 0. The van der Waals surface area contributed by atoms with Crippen molar-refractivity contribution < 1.29 is 0 Å². The Morgan fingerprint density at radius 2 is 0.686 bits per heavy atom. The second kappa shape index (κ2) is 13.3. The highest BCUT2D eigenvalue weighted by Gasteiger charge is 2.21. The van der Waals surface area contributed by atoms with Gasteiger partial charge in [-0.3, -0.25) is 0 Å². The monoisotopic (exact) mass is 649 g/mol. The Labute approximate surface area is 299 Å². The van der Waals surface area contributed by atoms with E-state index >= 15 is 0 Å². The maximum atomic E-state index is 2.42. The number of hydrogen-bond acceptors (Lipinski definition) is 1. The summed E-state index contributed by atoms with van der Waals surface area (Å²) in [5.41, 5.74) is 13.1. The number of hydrogen-bond donors (Lipinski definition) is 0. The minimum absolute atomic E-state index is 1.10. The molecule has 9 aromatic rings. The molecule has 0 saturated carbocycles. The van der Waals surface area contributed by atoms with Crippen molar-refractivity contribution in [3.8, 4) is 44.5 Å². The van der Waals surface area contributed by atoms with Gasteiger partial charge in [0.05, 0.1) is 5.69 Å². The van der Waals surface area contributed by atoms with Crippen LogP contribution in [0.3, 0.4) is 0 Å². The third-order valence-corrected chi connectivity index (χ3v) is 9.85. The van der Waals surface area contributed by atoms with Crippen molar-refractivity contribution in [1.29, 1.82) is 0 Å². The third-order valence-electron chi connectivity index (χ3n) is 9.85. The SMILES string of the molecule is c1ccc(-c2ccc(N(c3ccc4c(-c5ccccc5)c(-c5ccccc5)c5ccccc5c4c3)c3ccccc3-c3ccccc3)cc2)cc1. The molecule has 0 atom stereocenters. The van der Waals surface area contributed by atoms with E-state index in [4.69, 9.17) is 0 Å². The zero-order valence-corrected chi connectivity index (χ0v) is 28.2. The zero-order chi connectivity index (χ0) is 34.0. The molecule has 1 heteroatoms. The molecular formula is C50H35N. The van der Waals surface area contributed by atoms with Gasteiger partial charge in [0.1, 0.15) is 0 Å². The highest BCUT2D eigenvalue weighted by atomic mass is 15.1. The molecule has 0 fully saturated rings. The lowest BCUT2D eigenvalue weighted by Gasteiger charge is -2.29. The molecule has 1 nitrogen and oxygen atoms in total. The average molecular weight is 650 g/mol. The molecule has 0 heterocycles. The van der Waals surface area contributed by atoms with Crippen LogP contribution >= 0.6 is 0 Å². The van der Waals surface area contributed by atoms with Crippen LogP contribution in [0.1, 0.15) is 0 Å². The first-order chi connectivity index (χ1) is 25.3. The molecule has 0 bridgehead atoms. The maximum absolute atomic E-state index is 2.42. The summed E-state index contributed by atoms with van der Waals surface area (Å²) < 4.78 is 0. The number of benzene rings is 9. The fourth-order valence-electron chi connectivity index (χ4n) is 7.52. The Bertz CT molecular complexity index is 2590. The lowest BCUT2D eigenvalue weighted by Crippen LogP contribution is -2.11. The Morgan fingerprint density at radius 1 is 0.255 bits per heavy atom. The van der Waals surface area contributed by atoms with Gasteiger partial charge in [-0.05, 0) is 90.8 Å². The van der Waals surface area contributed by atoms with Crippen LogP contribution in [0.2, 0.25) is 0 Å². The first-order valence-corrected chi connectivity index (χ1v) is 17.5. The molecular weight excluding hydrogens is 615 g/mol. The predicted molar refractivity (Wildman–Crippen MR) is 218 cm³/mol. The van der Waals surface area contributed by atoms with Gasteiger partial charge >= 0.3 is 0 Å². The highest BCUT2D eigenvalue weighted by Crippen LogP contribution is 2.47. The van der Waals surface area contributed by atoms with E-state index in [-0.39, 0.29) is 0 Å². The molecule has 0 spiro atoms. The van der Waals surface area contributed by atoms with Gasteiger partial charge in [0.25, 0.3) is 0 Å². The molecule has 0 unspecified atom stereocenters. The van der Waals surface area contributed by atoms with Crippen LogP contribution in [0, 0.1) is 0 Å². The summed E-state index contributed by atoms with van der Waals surface area (Å²) in [4.78, 5) is 2.42. The lowest BCUT2D eigenvalue weighted by atomic mass is 9.85. The molecule has 0 saturated heterocycles. The first-order valence-electron chi connectivity index (χ1n) is 17.5. The summed E-state index contributed by atoms with van der Waals surface area (Å²) in [6.07, 6.45) is 0. The maximum Gasteiger partial charge on any atom is 0.0540 e. The van der Waals surface area contributed by atoms with E-state index in [0.29, 0.717) is 0 Å². The summed E-state index contributed by atoms with van der Waals surface area (Å²) in [5, 5.41) is 4.95. The Morgan fingerprint density at radius 3 is 1.29 bits per heavy atom. The molecule has 0 aromatic heterocycles. The largest absolute Gasteiger partial charge is 0.310 e.